The van der Waals surface area contributed by atoms with Crippen molar-refractivity contribution in [2.75, 3.05) is 0 Å². The van der Waals surface area contributed by atoms with Crippen LogP contribution < -0.4 is 0 Å². The van der Waals surface area contributed by atoms with Crippen molar-refractivity contribution in [2.24, 2.45) is 0 Å². The van der Waals surface area contributed by atoms with E-state index in [9.17, 15) is 0 Å². The van der Waals surface area contributed by atoms with Crippen LogP contribution in [-0.4, -0.2) is 10.2 Å². The molecule has 20 heavy (non-hydrogen) atoms. The van der Waals surface area contributed by atoms with Crippen molar-refractivity contribution in [1.82, 2.24) is 10.2 Å². The highest BCUT2D eigenvalue weighted by atomic mass is 79.9. The van der Waals surface area contributed by atoms with Crippen LogP contribution in [0.1, 0.15) is 21.8 Å². The molecule has 3 aromatic rings. The van der Waals surface area contributed by atoms with E-state index in [1.807, 2.05) is 19.1 Å². The molecule has 1 atom stereocenters. The summed E-state index contributed by atoms with van der Waals surface area (Å²) in [6.07, 6.45) is 0.831. The fraction of sp³-hybridized carbons (Fsp3) is 0.176. The lowest BCUT2D eigenvalue weighted by Gasteiger charge is -2.11. The molecular weight excluding hydrogens is 312 g/mol. The van der Waals surface area contributed by atoms with Gasteiger partial charge in [-0.05, 0) is 12.5 Å². The summed E-state index contributed by atoms with van der Waals surface area (Å²) in [4.78, 5) is 0.254. The molecule has 1 aromatic heterocycles. The maximum Gasteiger partial charge on any atom is 0.0724 e. The molecule has 1 heterocycles. The Hall–Kier alpha value is -1.74. The number of nitrogens with zero attached hydrogens (tertiary/aromatic N) is 2. The van der Waals surface area contributed by atoms with Crippen LogP contribution in [0.3, 0.4) is 0 Å². The van der Waals surface area contributed by atoms with Crippen LogP contribution >= 0.6 is 15.9 Å². The van der Waals surface area contributed by atoms with Gasteiger partial charge in [0.15, 0.2) is 0 Å². The second-order valence-electron chi connectivity index (χ2n) is 4.86. The average Bonchev–Trinajstić information content (AvgIpc) is 2.51. The number of halogens is 1. The molecule has 0 fully saturated rings. The van der Waals surface area contributed by atoms with Crippen LogP contribution in [0.5, 0.6) is 0 Å². The van der Waals surface area contributed by atoms with Gasteiger partial charge >= 0.3 is 0 Å². The second-order valence-corrected chi connectivity index (χ2v) is 5.97. The first kappa shape index (κ1) is 13.3. The number of hydrogen-bond donors (Lipinski definition) is 0. The van der Waals surface area contributed by atoms with Gasteiger partial charge in [0.25, 0.3) is 0 Å². The van der Waals surface area contributed by atoms with E-state index in [1.54, 1.807) is 0 Å². The zero-order chi connectivity index (χ0) is 13.9. The van der Waals surface area contributed by atoms with E-state index in [1.165, 1.54) is 16.3 Å². The molecule has 0 spiro atoms. The van der Waals surface area contributed by atoms with Crippen molar-refractivity contribution in [2.45, 2.75) is 18.2 Å². The van der Waals surface area contributed by atoms with Gasteiger partial charge in [0.2, 0.25) is 0 Å². The largest absolute Gasteiger partial charge is 0.155 e. The molecule has 100 valence electrons. The summed E-state index contributed by atoms with van der Waals surface area (Å²) in [6.45, 7) is 2.00. The maximum atomic E-state index is 4.39. The SMILES string of the molecule is Cc1nnc(CC(Br)c2ccccc2)c2ccccc12. The van der Waals surface area contributed by atoms with Gasteiger partial charge in [0, 0.05) is 22.0 Å². The van der Waals surface area contributed by atoms with E-state index in [4.69, 9.17) is 0 Å². The molecule has 3 heteroatoms. The van der Waals surface area contributed by atoms with Crippen molar-refractivity contribution in [3.8, 4) is 0 Å². The van der Waals surface area contributed by atoms with Crippen molar-refractivity contribution in [1.29, 1.82) is 0 Å². The van der Waals surface area contributed by atoms with Gasteiger partial charge in [-0.1, -0.05) is 70.5 Å². The van der Waals surface area contributed by atoms with Crippen molar-refractivity contribution < 1.29 is 0 Å². The third-order valence-corrected chi connectivity index (χ3v) is 4.33. The minimum absolute atomic E-state index is 0.254. The number of benzene rings is 2. The summed E-state index contributed by atoms with van der Waals surface area (Å²) in [7, 11) is 0. The smallest absolute Gasteiger partial charge is 0.0724 e. The van der Waals surface area contributed by atoms with Gasteiger partial charge < -0.3 is 0 Å². The summed E-state index contributed by atoms with van der Waals surface area (Å²) >= 11 is 3.76. The topological polar surface area (TPSA) is 25.8 Å². The lowest BCUT2D eigenvalue weighted by atomic mass is 10.0. The van der Waals surface area contributed by atoms with Gasteiger partial charge in [-0.25, -0.2) is 0 Å². The number of hydrogen-bond acceptors (Lipinski definition) is 2. The number of rotatable bonds is 3. The summed E-state index contributed by atoms with van der Waals surface area (Å²) in [5.41, 5.74) is 3.28. The Morgan fingerprint density at radius 2 is 1.55 bits per heavy atom. The van der Waals surface area contributed by atoms with E-state index >= 15 is 0 Å². The van der Waals surface area contributed by atoms with Gasteiger partial charge in [-0.15, -0.1) is 0 Å². The lowest BCUT2D eigenvalue weighted by Crippen LogP contribution is -2.02. The predicted octanol–water partition coefficient (Wildman–Crippen LogP) is 4.62. The highest BCUT2D eigenvalue weighted by Gasteiger charge is 2.12. The third-order valence-electron chi connectivity index (χ3n) is 3.48. The Balaban J connectivity index is 1.97. The number of aromatic nitrogens is 2. The van der Waals surface area contributed by atoms with Gasteiger partial charge in [0.1, 0.15) is 0 Å². The highest BCUT2D eigenvalue weighted by Crippen LogP contribution is 2.29. The molecule has 0 saturated heterocycles. The molecule has 3 rings (SSSR count). The molecule has 0 saturated carbocycles. The predicted molar refractivity (Wildman–Crippen MR) is 86.1 cm³/mol. The molecule has 0 radical (unpaired) electrons. The van der Waals surface area contributed by atoms with Crippen LogP contribution in [-0.2, 0) is 6.42 Å². The molecular formula is C17H15BrN2. The zero-order valence-electron chi connectivity index (χ0n) is 11.3. The average molecular weight is 327 g/mol. The number of fused-ring (bicyclic) bond motifs is 1. The minimum atomic E-state index is 0.254. The van der Waals surface area contributed by atoms with E-state index < -0.39 is 0 Å². The monoisotopic (exact) mass is 326 g/mol. The van der Waals surface area contributed by atoms with E-state index in [0.717, 1.165) is 17.8 Å². The Morgan fingerprint density at radius 1 is 0.900 bits per heavy atom. The van der Waals surface area contributed by atoms with Gasteiger partial charge in [-0.2, -0.15) is 10.2 Å². The molecule has 0 amide bonds. The first-order chi connectivity index (χ1) is 9.75. The van der Waals surface area contributed by atoms with Crippen LogP contribution in [0.15, 0.2) is 54.6 Å². The van der Waals surface area contributed by atoms with Crippen LogP contribution in [0, 0.1) is 6.92 Å². The fourth-order valence-electron chi connectivity index (χ4n) is 2.39. The number of alkyl halides is 1. The Kier molecular flexibility index (Phi) is 3.79. The van der Waals surface area contributed by atoms with Gasteiger partial charge in [0.05, 0.1) is 11.4 Å². The van der Waals surface area contributed by atoms with E-state index in [-0.39, 0.29) is 4.83 Å². The number of aryl methyl sites for hydroxylation is 1. The normalized spacial score (nSPS) is 12.5. The lowest BCUT2D eigenvalue weighted by molar-refractivity contribution is 0.857. The summed E-state index contributed by atoms with van der Waals surface area (Å²) in [6, 6.07) is 18.7. The maximum absolute atomic E-state index is 4.39. The zero-order valence-corrected chi connectivity index (χ0v) is 12.8. The van der Waals surface area contributed by atoms with Crippen LogP contribution in [0.25, 0.3) is 10.8 Å². The fourth-order valence-corrected chi connectivity index (χ4v) is 3.01. The summed E-state index contributed by atoms with van der Waals surface area (Å²) < 4.78 is 0. The van der Waals surface area contributed by atoms with Crippen molar-refractivity contribution >= 4 is 26.7 Å². The molecule has 0 aliphatic carbocycles. The van der Waals surface area contributed by atoms with Crippen LogP contribution in [0.4, 0.5) is 0 Å². The van der Waals surface area contributed by atoms with Gasteiger partial charge in [-0.3, -0.25) is 0 Å². The first-order valence-electron chi connectivity index (χ1n) is 6.65. The van der Waals surface area contributed by atoms with Crippen LogP contribution in [0.2, 0.25) is 0 Å². The molecule has 1 unspecified atom stereocenters. The van der Waals surface area contributed by atoms with E-state index in [2.05, 4.69) is 68.6 Å². The minimum Gasteiger partial charge on any atom is -0.155 e. The molecule has 0 aliphatic heterocycles. The van der Waals surface area contributed by atoms with Crippen molar-refractivity contribution in [3.63, 3.8) is 0 Å². The molecule has 0 N–H and O–H groups in total. The quantitative estimate of drug-likeness (QED) is 0.656. The highest BCUT2D eigenvalue weighted by molar-refractivity contribution is 9.09. The summed E-state index contributed by atoms with van der Waals surface area (Å²) in [5, 5.41) is 11.1. The third kappa shape index (κ3) is 2.59. The standard InChI is InChI=1S/C17H15BrN2/c1-12-14-9-5-6-10-15(14)17(20-19-12)11-16(18)13-7-3-2-4-8-13/h2-10,16H,11H2,1H3. The Labute approximate surface area is 127 Å². The molecule has 0 aliphatic rings. The van der Waals surface area contributed by atoms with E-state index in [0.29, 0.717) is 0 Å². The Bertz CT molecular complexity index is 725. The molecule has 2 aromatic carbocycles. The van der Waals surface area contributed by atoms with Crippen molar-refractivity contribution in [3.05, 3.63) is 71.5 Å². The summed E-state index contributed by atoms with van der Waals surface area (Å²) in [5.74, 6) is 0. The molecule has 0 bridgehead atoms. The molecule has 2 nitrogen and oxygen atoms in total. The first-order valence-corrected chi connectivity index (χ1v) is 7.57. The Morgan fingerprint density at radius 3 is 2.30 bits per heavy atom. The second kappa shape index (κ2) is 5.71.